The fourth-order valence-corrected chi connectivity index (χ4v) is 8.87. The van der Waals surface area contributed by atoms with Gasteiger partial charge in [-0.2, -0.15) is 0 Å². The van der Waals surface area contributed by atoms with Gasteiger partial charge in [0.15, 0.2) is 0 Å². The molecule has 3 N–H and O–H groups in total. The molecule has 0 unspecified atom stereocenters. The summed E-state index contributed by atoms with van der Waals surface area (Å²) >= 11 is 12.2. The van der Waals surface area contributed by atoms with Crippen LogP contribution in [-0.2, 0) is 19.2 Å². The molecule has 10 nitrogen and oxygen atoms in total. The van der Waals surface area contributed by atoms with Crippen LogP contribution in [0, 0.1) is 10.8 Å². The van der Waals surface area contributed by atoms with Crippen LogP contribution in [0.2, 0.25) is 10.0 Å². The molecule has 0 bridgehead atoms. The molecule has 2 spiro atoms. The number of hydrogen-bond donors (Lipinski definition) is 3. The second kappa shape index (κ2) is 15.6. The SMILES string of the molecule is O=C(O)CC[C@@H](NC(=O)CC[C@@H](NC(=O)c1cc(Cl)cc(Cl)c1)C(=O)N1CCC2(CCCC2)CC1)C(=O)N1CCC2(CCCC2)CC1. The zero-order valence-electron chi connectivity index (χ0n) is 27.2. The molecule has 4 amide bonds. The minimum Gasteiger partial charge on any atom is -0.481 e. The molecule has 1 aromatic carbocycles. The van der Waals surface area contributed by atoms with Gasteiger partial charge in [-0.15, -0.1) is 0 Å². The molecule has 2 atom stereocenters. The molecular weight excluding hydrogens is 643 g/mol. The number of nitrogens with zero attached hydrogens (tertiary/aromatic N) is 2. The Morgan fingerprint density at radius 1 is 0.660 bits per heavy atom. The van der Waals surface area contributed by atoms with Gasteiger partial charge in [-0.25, -0.2) is 0 Å². The van der Waals surface area contributed by atoms with E-state index in [1.54, 1.807) is 9.80 Å². The highest BCUT2D eigenvalue weighted by Crippen LogP contribution is 2.47. The molecule has 12 heteroatoms. The molecule has 0 radical (unpaired) electrons. The molecule has 2 aliphatic heterocycles. The lowest BCUT2D eigenvalue weighted by Crippen LogP contribution is -2.53. The van der Waals surface area contributed by atoms with E-state index in [2.05, 4.69) is 10.6 Å². The Balaban J connectivity index is 1.23. The topological polar surface area (TPSA) is 136 Å². The van der Waals surface area contributed by atoms with Gasteiger partial charge >= 0.3 is 5.97 Å². The highest BCUT2D eigenvalue weighted by atomic mass is 35.5. The molecule has 2 aliphatic carbocycles. The van der Waals surface area contributed by atoms with Gasteiger partial charge in [-0.3, -0.25) is 24.0 Å². The minimum absolute atomic E-state index is 0.0123. The quantitative estimate of drug-likeness (QED) is 0.277. The van der Waals surface area contributed by atoms with E-state index in [9.17, 15) is 29.1 Å². The van der Waals surface area contributed by atoms with Gasteiger partial charge in [0.2, 0.25) is 17.7 Å². The Morgan fingerprint density at radius 3 is 1.53 bits per heavy atom. The first-order valence-electron chi connectivity index (χ1n) is 17.3. The van der Waals surface area contributed by atoms with Crippen LogP contribution in [0.4, 0.5) is 0 Å². The molecule has 0 aromatic heterocycles. The average molecular weight is 692 g/mol. The van der Waals surface area contributed by atoms with Crippen molar-refractivity contribution in [1.29, 1.82) is 0 Å². The fraction of sp³-hybridized carbons (Fsp3) is 0.686. The number of benzene rings is 1. The molecule has 4 fully saturated rings. The third-order valence-electron chi connectivity index (χ3n) is 11.3. The van der Waals surface area contributed by atoms with E-state index in [-0.39, 0.29) is 53.1 Å². The number of rotatable bonds is 11. The van der Waals surface area contributed by atoms with Crippen molar-refractivity contribution >= 4 is 52.8 Å². The lowest BCUT2D eigenvalue weighted by atomic mass is 9.77. The fourth-order valence-electron chi connectivity index (χ4n) is 8.34. The summed E-state index contributed by atoms with van der Waals surface area (Å²) in [5, 5.41) is 15.5. The summed E-state index contributed by atoms with van der Waals surface area (Å²) in [5.41, 5.74) is 0.815. The van der Waals surface area contributed by atoms with Crippen molar-refractivity contribution in [3.63, 3.8) is 0 Å². The van der Waals surface area contributed by atoms with Gasteiger partial charge in [0.25, 0.3) is 5.91 Å². The van der Waals surface area contributed by atoms with Gasteiger partial charge in [-0.1, -0.05) is 48.9 Å². The van der Waals surface area contributed by atoms with Crippen molar-refractivity contribution in [3.05, 3.63) is 33.8 Å². The summed E-state index contributed by atoms with van der Waals surface area (Å²) in [5.74, 6) is -2.56. The van der Waals surface area contributed by atoms with Crippen LogP contribution in [0.5, 0.6) is 0 Å². The van der Waals surface area contributed by atoms with Crippen molar-refractivity contribution < 1.29 is 29.1 Å². The third kappa shape index (κ3) is 9.19. The molecular formula is C35H48Cl2N4O6. The lowest BCUT2D eigenvalue weighted by molar-refractivity contribution is -0.141. The normalized spacial score (nSPS) is 21.4. The average Bonchev–Trinajstić information content (AvgIpc) is 3.70. The van der Waals surface area contributed by atoms with Crippen LogP contribution in [0.15, 0.2) is 18.2 Å². The third-order valence-corrected chi connectivity index (χ3v) is 11.7. The van der Waals surface area contributed by atoms with E-state index in [1.165, 1.54) is 69.6 Å². The Morgan fingerprint density at radius 2 is 1.09 bits per heavy atom. The number of piperidine rings is 2. The maximum absolute atomic E-state index is 13.8. The number of carboxylic acid groups (broad SMARTS) is 1. The van der Waals surface area contributed by atoms with Crippen molar-refractivity contribution in [3.8, 4) is 0 Å². The number of carboxylic acids is 1. The van der Waals surface area contributed by atoms with Crippen LogP contribution in [0.25, 0.3) is 0 Å². The summed E-state index contributed by atoms with van der Waals surface area (Å²) in [6.45, 7) is 2.41. The molecule has 258 valence electrons. The number of amides is 4. The van der Waals surface area contributed by atoms with Crippen molar-refractivity contribution in [2.75, 3.05) is 26.2 Å². The number of hydrogen-bond acceptors (Lipinski definition) is 5. The number of nitrogens with one attached hydrogen (secondary N) is 2. The number of likely N-dealkylation sites (tertiary alicyclic amines) is 2. The molecule has 2 saturated heterocycles. The number of carbonyl (C=O) groups is 5. The maximum atomic E-state index is 13.8. The summed E-state index contributed by atoms with van der Waals surface area (Å²) in [6.07, 6.45) is 12.9. The van der Waals surface area contributed by atoms with Gasteiger partial charge < -0.3 is 25.5 Å². The monoisotopic (exact) mass is 690 g/mol. The second-order valence-electron chi connectivity index (χ2n) is 14.3. The Labute approximate surface area is 287 Å². The van der Waals surface area contributed by atoms with Gasteiger partial charge in [0.1, 0.15) is 12.1 Å². The van der Waals surface area contributed by atoms with E-state index in [0.29, 0.717) is 37.0 Å². The molecule has 1 aromatic rings. The largest absolute Gasteiger partial charge is 0.481 e. The number of halogens is 2. The molecule has 2 heterocycles. The van der Waals surface area contributed by atoms with Crippen LogP contribution in [0.1, 0.15) is 113 Å². The predicted molar refractivity (Wildman–Crippen MR) is 179 cm³/mol. The van der Waals surface area contributed by atoms with Crippen LogP contribution >= 0.6 is 23.2 Å². The second-order valence-corrected chi connectivity index (χ2v) is 15.2. The zero-order valence-corrected chi connectivity index (χ0v) is 28.7. The Hall–Kier alpha value is -2.85. The van der Waals surface area contributed by atoms with E-state index in [0.717, 1.165) is 25.7 Å². The highest BCUT2D eigenvalue weighted by Gasteiger charge is 2.41. The Bertz CT molecular complexity index is 1300. The molecule has 5 rings (SSSR count). The summed E-state index contributed by atoms with van der Waals surface area (Å²) in [4.78, 5) is 68.9. The molecule has 4 aliphatic rings. The first kappa shape index (κ1) is 35.5. The van der Waals surface area contributed by atoms with Gasteiger partial charge in [0, 0.05) is 54.6 Å². The summed E-state index contributed by atoms with van der Waals surface area (Å²) < 4.78 is 0. The van der Waals surface area contributed by atoms with Gasteiger partial charge in [0.05, 0.1) is 0 Å². The number of aliphatic carboxylic acids is 1. The summed E-state index contributed by atoms with van der Waals surface area (Å²) in [6, 6.07) is 2.49. The van der Waals surface area contributed by atoms with Crippen LogP contribution < -0.4 is 10.6 Å². The standard InChI is InChI=1S/C35H48Cl2N4O6/c36-25-21-24(22-26(37)23-25)31(45)39-28(33(47)41-19-15-35(16-20-41)11-3-4-12-35)5-7-29(42)38-27(6-8-30(43)44)32(46)40-17-13-34(14-18-40)9-1-2-10-34/h21-23,27-28H,1-20H2,(H,38,42)(H,39,45)(H,43,44)/t27-,28-/m1/s1. The zero-order chi connectivity index (χ0) is 33.6. The van der Waals surface area contributed by atoms with Crippen molar-refractivity contribution in [2.24, 2.45) is 10.8 Å². The molecule has 2 saturated carbocycles. The van der Waals surface area contributed by atoms with Crippen molar-refractivity contribution in [1.82, 2.24) is 20.4 Å². The van der Waals surface area contributed by atoms with Crippen LogP contribution in [-0.4, -0.2) is 82.8 Å². The van der Waals surface area contributed by atoms with E-state index in [4.69, 9.17) is 23.2 Å². The van der Waals surface area contributed by atoms with Crippen molar-refractivity contribution in [2.45, 2.75) is 115 Å². The maximum Gasteiger partial charge on any atom is 0.303 e. The van der Waals surface area contributed by atoms with E-state index < -0.39 is 29.9 Å². The van der Waals surface area contributed by atoms with Gasteiger partial charge in [-0.05, 0) is 93.2 Å². The lowest BCUT2D eigenvalue weighted by Gasteiger charge is -2.40. The Kier molecular flexibility index (Phi) is 11.8. The van der Waals surface area contributed by atoms with Crippen LogP contribution in [0.3, 0.4) is 0 Å². The van der Waals surface area contributed by atoms with E-state index >= 15 is 0 Å². The minimum atomic E-state index is -1.05. The molecule has 47 heavy (non-hydrogen) atoms. The predicted octanol–water partition coefficient (Wildman–Crippen LogP) is 5.59. The smallest absolute Gasteiger partial charge is 0.303 e. The van der Waals surface area contributed by atoms with E-state index in [1.807, 2.05) is 0 Å². The first-order valence-corrected chi connectivity index (χ1v) is 18.1. The highest BCUT2D eigenvalue weighted by molar-refractivity contribution is 6.35. The first-order chi connectivity index (χ1) is 22.5. The number of carbonyl (C=O) groups excluding carboxylic acids is 4. The summed E-state index contributed by atoms with van der Waals surface area (Å²) in [7, 11) is 0.